The van der Waals surface area contributed by atoms with Crippen LogP contribution in [0.5, 0.6) is 5.75 Å². The second kappa shape index (κ2) is 8.54. The summed E-state index contributed by atoms with van der Waals surface area (Å²) in [7, 11) is 1.65. The second-order valence-corrected chi connectivity index (χ2v) is 4.18. The summed E-state index contributed by atoms with van der Waals surface area (Å²) in [6.07, 6.45) is 3.45. The average Bonchev–Trinajstić information content (AvgIpc) is 2.43. The summed E-state index contributed by atoms with van der Waals surface area (Å²) < 4.78 is 11.0. The van der Waals surface area contributed by atoms with Crippen LogP contribution in [-0.4, -0.2) is 13.7 Å². The molecule has 0 aromatic heterocycles. The Bertz CT molecular complexity index is 367. The predicted molar refractivity (Wildman–Crippen MR) is 71.4 cm³/mol. The van der Waals surface area contributed by atoms with Crippen molar-refractivity contribution in [1.29, 1.82) is 5.26 Å². The van der Waals surface area contributed by atoms with Crippen molar-refractivity contribution in [2.24, 2.45) is 0 Å². The molecule has 0 bridgehead atoms. The highest BCUT2D eigenvalue weighted by Crippen LogP contribution is 2.25. The number of ether oxygens (including phenoxy) is 2. The third kappa shape index (κ3) is 4.77. The molecule has 3 nitrogen and oxygen atoms in total. The molecule has 0 heterocycles. The highest BCUT2D eigenvalue weighted by molar-refractivity contribution is 5.28. The fourth-order valence-corrected chi connectivity index (χ4v) is 1.73. The van der Waals surface area contributed by atoms with Gasteiger partial charge < -0.3 is 9.47 Å². The number of benzene rings is 1. The van der Waals surface area contributed by atoms with E-state index in [2.05, 4.69) is 13.0 Å². The molecule has 0 aliphatic heterocycles. The first-order valence-corrected chi connectivity index (χ1v) is 6.44. The average molecular weight is 247 g/mol. The Hall–Kier alpha value is -1.53. The lowest BCUT2D eigenvalue weighted by molar-refractivity contribution is 0.0457. The van der Waals surface area contributed by atoms with Gasteiger partial charge in [-0.2, -0.15) is 5.26 Å². The van der Waals surface area contributed by atoms with Gasteiger partial charge in [0.25, 0.3) is 0 Å². The zero-order valence-corrected chi connectivity index (χ0v) is 11.2. The normalized spacial score (nSPS) is 11.8. The highest BCUT2D eigenvalue weighted by atomic mass is 16.5. The van der Waals surface area contributed by atoms with E-state index >= 15 is 0 Å². The van der Waals surface area contributed by atoms with E-state index < -0.39 is 0 Å². The van der Waals surface area contributed by atoms with Crippen molar-refractivity contribution >= 4 is 0 Å². The first kappa shape index (κ1) is 14.5. The molecule has 98 valence electrons. The lowest BCUT2D eigenvalue weighted by Crippen LogP contribution is -2.05. The molecule has 3 heteroatoms. The van der Waals surface area contributed by atoms with Crippen molar-refractivity contribution in [2.75, 3.05) is 13.7 Å². The predicted octanol–water partition coefficient (Wildman–Crippen LogP) is 3.86. The fourth-order valence-electron chi connectivity index (χ4n) is 1.73. The molecule has 1 atom stereocenters. The molecule has 0 fully saturated rings. The van der Waals surface area contributed by atoms with E-state index in [1.807, 2.05) is 24.3 Å². The van der Waals surface area contributed by atoms with Crippen molar-refractivity contribution in [3.05, 3.63) is 29.8 Å². The van der Waals surface area contributed by atoms with Gasteiger partial charge in [0.15, 0.2) is 0 Å². The minimum Gasteiger partial charge on any atom is -0.497 e. The largest absolute Gasteiger partial charge is 0.497 e. The van der Waals surface area contributed by atoms with Gasteiger partial charge in [-0.25, -0.2) is 0 Å². The molecule has 1 rings (SSSR count). The number of nitriles is 1. The zero-order valence-electron chi connectivity index (χ0n) is 11.2. The van der Waals surface area contributed by atoms with E-state index in [0.29, 0.717) is 6.42 Å². The minimum absolute atomic E-state index is 0.0158. The summed E-state index contributed by atoms with van der Waals surface area (Å²) in [5.74, 6) is 0.839. The molecule has 0 N–H and O–H groups in total. The van der Waals surface area contributed by atoms with Crippen LogP contribution in [0.3, 0.4) is 0 Å². The topological polar surface area (TPSA) is 42.2 Å². The summed E-state index contributed by atoms with van der Waals surface area (Å²) in [6.45, 7) is 2.89. The molecule has 1 unspecified atom stereocenters. The van der Waals surface area contributed by atoms with Gasteiger partial charge in [0, 0.05) is 13.0 Å². The minimum atomic E-state index is 0.0158. The van der Waals surface area contributed by atoms with Crippen molar-refractivity contribution in [3.63, 3.8) is 0 Å². The summed E-state index contributed by atoms with van der Waals surface area (Å²) >= 11 is 0. The van der Waals surface area contributed by atoms with E-state index in [9.17, 15) is 0 Å². The van der Waals surface area contributed by atoms with Gasteiger partial charge >= 0.3 is 0 Å². The van der Waals surface area contributed by atoms with Crippen LogP contribution >= 0.6 is 0 Å². The maximum absolute atomic E-state index is 8.69. The molecule has 0 spiro atoms. The fraction of sp³-hybridized carbons (Fsp3) is 0.533. The maximum atomic E-state index is 8.69. The number of rotatable bonds is 8. The van der Waals surface area contributed by atoms with Crippen molar-refractivity contribution < 1.29 is 9.47 Å². The van der Waals surface area contributed by atoms with Crippen LogP contribution in [0.1, 0.15) is 44.3 Å². The molecule has 0 radical (unpaired) electrons. The monoisotopic (exact) mass is 247 g/mol. The number of hydrogen-bond donors (Lipinski definition) is 0. The van der Waals surface area contributed by atoms with Gasteiger partial charge in [-0.15, -0.1) is 0 Å². The van der Waals surface area contributed by atoms with E-state index in [-0.39, 0.29) is 6.10 Å². The second-order valence-electron chi connectivity index (χ2n) is 4.18. The summed E-state index contributed by atoms with van der Waals surface area (Å²) in [5.41, 5.74) is 1.11. The van der Waals surface area contributed by atoms with E-state index in [1.165, 1.54) is 0 Å². The van der Waals surface area contributed by atoms with Crippen LogP contribution < -0.4 is 4.74 Å². The maximum Gasteiger partial charge on any atom is 0.118 e. The van der Waals surface area contributed by atoms with Crippen LogP contribution in [0.4, 0.5) is 0 Å². The number of unbranched alkanes of at least 4 members (excludes halogenated alkanes) is 1. The van der Waals surface area contributed by atoms with Crippen molar-refractivity contribution in [2.45, 2.75) is 38.7 Å². The third-order valence-corrected chi connectivity index (χ3v) is 2.82. The lowest BCUT2D eigenvalue weighted by atomic mass is 10.0. The Labute approximate surface area is 109 Å². The molecule has 0 saturated carbocycles. The van der Waals surface area contributed by atoms with Crippen LogP contribution in [0.15, 0.2) is 24.3 Å². The number of hydrogen-bond acceptors (Lipinski definition) is 3. The molecule has 0 saturated heterocycles. The van der Waals surface area contributed by atoms with Gasteiger partial charge in [-0.1, -0.05) is 25.5 Å². The van der Waals surface area contributed by atoms with Crippen molar-refractivity contribution in [3.8, 4) is 11.8 Å². The molecule has 0 aliphatic carbocycles. The van der Waals surface area contributed by atoms with Crippen LogP contribution in [0, 0.1) is 11.3 Å². The Balaban J connectivity index is 2.64. The van der Waals surface area contributed by atoms with Gasteiger partial charge in [0.05, 0.1) is 19.3 Å². The SMILES string of the molecule is CCCCOC(CCC#N)c1ccc(OC)cc1. The van der Waals surface area contributed by atoms with Gasteiger partial charge in [0.2, 0.25) is 0 Å². The first-order valence-electron chi connectivity index (χ1n) is 6.44. The summed E-state index contributed by atoms with van der Waals surface area (Å²) in [4.78, 5) is 0. The zero-order chi connectivity index (χ0) is 13.2. The molecule has 0 aliphatic rings. The number of methoxy groups -OCH3 is 1. The van der Waals surface area contributed by atoms with Crippen molar-refractivity contribution in [1.82, 2.24) is 0 Å². The first-order chi connectivity index (χ1) is 8.81. The summed E-state index contributed by atoms with van der Waals surface area (Å²) in [5, 5.41) is 8.69. The molecule has 1 aromatic rings. The Morgan fingerprint density at radius 1 is 1.28 bits per heavy atom. The van der Waals surface area contributed by atoms with Crippen LogP contribution in [-0.2, 0) is 4.74 Å². The van der Waals surface area contributed by atoms with Crippen LogP contribution in [0.2, 0.25) is 0 Å². The highest BCUT2D eigenvalue weighted by Gasteiger charge is 2.11. The smallest absolute Gasteiger partial charge is 0.118 e. The van der Waals surface area contributed by atoms with Gasteiger partial charge in [0.1, 0.15) is 5.75 Å². The van der Waals surface area contributed by atoms with Crippen LogP contribution in [0.25, 0.3) is 0 Å². The Morgan fingerprint density at radius 3 is 2.56 bits per heavy atom. The summed E-state index contributed by atoms with van der Waals surface area (Å²) in [6, 6.07) is 10.0. The van der Waals surface area contributed by atoms with E-state index in [4.69, 9.17) is 14.7 Å². The molecule has 18 heavy (non-hydrogen) atoms. The Morgan fingerprint density at radius 2 is 2.00 bits per heavy atom. The molecular weight excluding hydrogens is 226 g/mol. The standard InChI is InChI=1S/C15H21NO2/c1-3-4-12-18-15(6-5-11-16)13-7-9-14(17-2)10-8-13/h7-10,15H,3-6,12H2,1-2H3. The quantitative estimate of drug-likeness (QED) is 0.655. The molecule has 0 amide bonds. The van der Waals surface area contributed by atoms with E-state index in [1.54, 1.807) is 7.11 Å². The van der Waals surface area contributed by atoms with E-state index in [0.717, 1.165) is 37.2 Å². The lowest BCUT2D eigenvalue weighted by Gasteiger charge is -2.17. The van der Waals surface area contributed by atoms with Gasteiger partial charge in [-0.05, 0) is 30.5 Å². The molecule has 1 aromatic carbocycles. The third-order valence-electron chi connectivity index (χ3n) is 2.82. The number of nitrogens with zero attached hydrogens (tertiary/aromatic N) is 1. The molecular formula is C15H21NO2. The Kier molecular flexibility index (Phi) is 6.90. The van der Waals surface area contributed by atoms with Gasteiger partial charge in [-0.3, -0.25) is 0 Å².